The van der Waals surface area contributed by atoms with E-state index in [4.69, 9.17) is 17.2 Å². The first kappa shape index (κ1) is 33.2. The van der Waals surface area contributed by atoms with Gasteiger partial charge < -0.3 is 41.6 Å². The second-order valence-corrected chi connectivity index (χ2v) is 9.39. The fourth-order valence-corrected chi connectivity index (χ4v) is 3.93. The van der Waals surface area contributed by atoms with Crippen molar-refractivity contribution in [1.29, 1.82) is 0 Å². The molecular weight excluding hydrogens is 571 g/mol. The summed E-state index contributed by atoms with van der Waals surface area (Å²) in [5.41, 5.74) is 20.7. The number of anilines is 3. The highest BCUT2D eigenvalue weighted by Gasteiger charge is 2.15. The molecule has 15 nitrogen and oxygen atoms in total. The predicted molar refractivity (Wildman–Crippen MR) is 163 cm³/mol. The van der Waals surface area contributed by atoms with E-state index in [0.29, 0.717) is 47.4 Å². The Morgan fingerprint density at radius 2 is 1.48 bits per heavy atom. The van der Waals surface area contributed by atoms with Gasteiger partial charge in [-0.3, -0.25) is 14.4 Å². The zero-order valence-corrected chi connectivity index (χ0v) is 24.2. The Kier molecular flexibility index (Phi) is 11.9. The summed E-state index contributed by atoms with van der Waals surface area (Å²) in [6, 6.07) is 13.8. The van der Waals surface area contributed by atoms with Gasteiger partial charge in [-0.2, -0.15) is 9.97 Å². The van der Waals surface area contributed by atoms with Crippen LogP contribution in [0.25, 0.3) is 11.2 Å². The third-order valence-corrected chi connectivity index (χ3v) is 6.24. The highest BCUT2D eigenvalue weighted by Crippen LogP contribution is 2.22. The molecule has 0 radical (unpaired) electrons. The monoisotopic (exact) mass is 604 g/mol. The Morgan fingerprint density at radius 1 is 0.864 bits per heavy atom. The lowest BCUT2D eigenvalue weighted by Gasteiger charge is -2.25. The molecular formula is C28H33BN8O7. The minimum Gasteiger partial charge on any atom is -0.469 e. The van der Waals surface area contributed by atoms with E-state index in [-0.39, 0.29) is 36.5 Å². The summed E-state index contributed by atoms with van der Waals surface area (Å²) in [7, 11) is 1.10. The Bertz CT molecular complexity index is 1570. The van der Waals surface area contributed by atoms with Crippen molar-refractivity contribution in [3.63, 3.8) is 0 Å². The molecule has 16 heteroatoms. The minimum atomic E-state index is -1.54. The fourth-order valence-electron chi connectivity index (χ4n) is 3.93. The largest absolute Gasteiger partial charge is 0.488 e. The molecule has 1 amide bonds. The standard InChI is InChI=1S/C21H21BN8O3.C7H12O4/c23-18-17-20(29-21(25)28-18)26-9-15(27-17)11-30(16-7-3-13(4-8-16)19(24)31)10-12-1-5-14(6-2-12)22(32)33;1-10-6(8)4-3-5-7(9)11-2/h1-9,32-33H,10-11H2,(H2,24,31)(H4,23,25,26,28,29);3-5H2,1-2H3. The van der Waals surface area contributed by atoms with E-state index in [1.54, 1.807) is 54.7 Å². The normalized spacial score (nSPS) is 10.4. The first-order valence-electron chi connectivity index (χ1n) is 13.3. The van der Waals surface area contributed by atoms with E-state index >= 15 is 0 Å². The number of aromatic nitrogens is 4. The topological polar surface area (TPSA) is 243 Å². The van der Waals surface area contributed by atoms with Crippen molar-refractivity contribution in [2.24, 2.45) is 5.73 Å². The number of hydrogen-bond acceptors (Lipinski definition) is 14. The maximum Gasteiger partial charge on any atom is 0.488 e. The van der Waals surface area contributed by atoms with E-state index in [1.807, 2.05) is 4.90 Å². The van der Waals surface area contributed by atoms with Gasteiger partial charge in [-0.05, 0) is 41.7 Å². The second-order valence-electron chi connectivity index (χ2n) is 9.39. The van der Waals surface area contributed by atoms with Gasteiger partial charge in [0.2, 0.25) is 11.9 Å². The van der Waals surface area contributed by atoms with Gasteiger partial charge in [-0.15, -0.1) is 0 Å². The van der Waals surface area contributed by atoms with Crippen LogP contribution in [0.4, 0.5) is 17.5 Å². The van der Waals surface area contributed by atoms with Crippen LogP contribution >= 0.6 is 0 Å². The van der Waals surface area contributed by atoms with Gasteiger partial charge in [0.1, 0.15) is 0 Å². The zero-order chi connectivity index (χ0) is 32.2. The van der Waals surface area contributed by atoms with Crippen LogP contribution in [0.1, 0.15) is 40.9 Å². The number of hydrogen-bond donors (Lipinski definition) is 5. The molecule has 2 heterocycles. The van der Waals surface area contributed by atoms with Crippen molar-refractivity contribution < 1.29 is 33.9 Å². The number of fused-ring (bicyclic) bond motifs is 1. The molecule has 0 saturated carbocycles. The first-order valence-corrected chi connectivity index (χ1v) is 13.3. The van der Waals surface area contributed by atoms with Gasteiger partial charge in [0.25, 0.3) is 0 Å². The highest BCUT2D eigenvalue weighted by molar-refractivity contribution is 6.58. The number of carbonyl (C=O) groups excluding carboxylic acids is 3. The van der Waals surface area contributed by atoms with Gasteiger partial charge in [0, 0.05) is 30.6 Å². The summed E-state index contributed by atoms with van der Waals surface area (Å²) in [5.74, 6) is -0.943. The Hall–Kier alpha value is -5.35. The molecule has 0 aliphatic heterocycles. The molecule has 0 spiro atoms. The van der Waals surface area contributed by atoms with Crippen LogP contribution < -0.4 is 27.6 Å². The summed E-state index contributed by atoms with van der Waals surface area (Å²) in [5, 5.41) is 18.7. The number of ether oxygens (including phenoxy) is 2. The quantitative estimate of drug-likeness (QED) is 0.112. The van der Waals surface area contributed by atoms with Crippen molar-refractivity contribution in [2.75, 3.05) is 30.6 Å². The van der Waals surface area contributed by atoms with Crippen LogP contribution in [-0.4, -0.2) is 69.2 Å². The van der Waals surface area contributed by atoms with E-state index in [1.165, 1.54) is 14.2 Å². The van der Waals surface area contributed by atoms with Crippen LogP contribution in [0.15, 0.2) is 54.7 Å². The van der Waals surface area contributed by atoms with Crippen LogP contribution in [0.3, 0.4) is 0 Å². The molecule has 0 saturated heterocycles. The summed E-state index contributed by atoms with van der Waals surface area (Å²) in [6.07, 6.45) is 2.61. The summed E-state index contributed by atoms with van der Waals surface area (Å²) < 4.78 is 8.75. The first-order chi connectivity index (χ1) is 21.0. The third-order valence-electron chi connectivity index (χ3n) is 6.24. The Balaban J connectivity index is 0.000000411. The van der Waals surface area contributed by atoms with E-state index in [0.717, 1.165) is 11.3 Å². The molecule has 230 valence electrons. The summed E-state index contributed by atoms with van der Waals surface area (Å²) in [4.78, 5) is 51.3. The lowest BCUT2D eigenvalue weighted by Crippen LogP contribution is -2.30. The molecule has 2 aromatic carbocycles. The Labute approximate surface area is 253 Å². The van der Waals surface area contributed by atoms with Crippen LogP contribution in [-0.2, 0) is 32.2 Å². The zero-order valence-electron chi connectivity index (χ0n) is 24.2. The highest BCUT2D eigenvalue weighted by atomic mass is 16.5. The molecule has 0 aliphatic rings. The summed E-state index contributed by atoms with van der Waals surface area (Å²) >= 11 is 0. The van der Waals surface area contributed by atoms with Gasteiger partial charge in [0.15, 0.2) is 17.0 Å². The average molecular weight is 604 g/mol. The second kappa shape index (κ2) is 15.8. The van der Waals surface area contributed by atoms with Crippen molar-refractivity contribution >= 4 is 59.0 Å². The number of nitrogens with zero attached hydrogens (tertiary/aromatic N) is 5. The number of esters is 2. The average Bonchev–Trinajstić information content (AvgIpc) is 3.01. The van der Waals surface area contributed by atoms with Crippen molar-refractivity contribution in [3.8, 4) is 0 Å². The molecule has 0 bridgehead atoms. The van der Waals surface area contributed by atoms with Crippen molar-refractivity contribution in [3.05, 3.63) is 71.5 Å². The molecule has 2 aromatic heterocycles. The molecule has 0 fully saturated rings. The Morgan fingerprint density at radius 3 is 2.02 bits per heavy atom. The number of primary amides is 1. The molecule has 0 atom stereocenters. The molecule has 44 heavy (non-hydrogen) atoms. The maximum absolute atomic E-state index is 11.4. The number of methoxy groups -OCH3 is 2. The van der Waals surface area contributed by atoms with Gasteiger partial charge >= 0.3 is 19.1 Å². The van der Waals surface area contributed by atoms with Crippen LogP contribution in [0.5, 0.6) is 0 Å². The van der Waals surface area contributed by atoms with Crippen molar-refractivity contribution in [2.45, 2.75) is 32.4 Å². The maximum atomic E-state index is 11.4. The van der Waals surface area contributed by atoms with E-state index < -0.39 is 13.0 Å². The SMILES string of the molecule is COC(=O)CCCC(=O)OC.NC(=O)c1ccc(N(Cc2ccc(B(O)O)cc2)Cc2cnc3nc(N)nc(N)c3n2)cc1. The number of benzene rings is 2. The van der Waals surface area contributed by atoms with Crippen LogP contribution in [0, 0.1) is 0 Å². The smallest absolute Gasteiger partial charge is 0.469 e. The number of amides is 1. The number of rotatable bonds is 11. The van der Waals surface area contributed by atoms with Gasteiger partial charge in [-0.25, -0.2) is 9.97 Å². The van der Waals surface area contributed by atoms with Gasteiger partial charge in [-0.1, -0.05) is 24.3 Å². The predicted octanol–water partition coefficient (Wildman–Crippen LogP) is 0.0724. The van der Waals surface area contributed by atoms with E-state index in [9.17, 15) is 24.4 Å². The molecule has 0 unspecified atom stereocenters. The number of nitrogens with two attached hydrogens (primary N) is 3. The molecule has 8 N–H and O–H groups in total. The lowest BCUT2D eigenvalue weighted by molar-refractivity contribution is -0.142. The number of carbonyl (C=O) groups is 3. The summed E-state index contributed by atoms with van der Waals surface area (Å²) in [6.45, 7) is 0.818. The molecule has 0 aliphatic carbocycles. The minimum absolute atomic E-state index is 0.0228. The lowest BCUT2D eigenvalue weighted by atomic mass is 9.80. The van der Waals surface area contributed by atoms with Gasteiger partial charge in [0.05, 0.1) is 32.7 Å². The third kappa shape index (κ3) is 9.60. The van der Waals surface area contributed by atoms with Crippen molar-refractivity contribution in [1.82, 2.24) is 19.9 Å². The van der Waals surface area contributed by atoms with Crippen LogP contribution in [0.2, 0.25) is 0 Å². The fraction of sp³-hybridized carbons (Fsp3) is 0.250. The van der Waals surface area contributed by atoms with E-state index in [2.05, 4.69) is 29.4 Å². The molecule has 4 rings (SSSR count). The molecule has 4 aromatic rings. The number of nitrogen functional groups attached to an aromatic ring is 2.